The fraction of sp³-hybridized carbons (Fsp3) is 0.625. The monoisotopic (exact) mass is 296 g/mol. The molecule has 0 bridgehead atoms. The van der Waals surface area contributed by atoms with E-state index in [1.807, 2.05) is 0 Å². The first-order valence-corrected chi connectivity index (χ1v) is 8.07. The maximum absolute atomic E-state index is 13.4. The van der Waals surface area contributed by atoms with Gasteiger partial charge in [0, 0.05) is 12.1 Å². The molecule has 1 aliphatic heterocycles. The molecule has 2 nitrogen and oxygen atoms in total. The third-order valence-electron chi connectivity index (χ3n) is 4.70. The maximum Gasteiger partial charge on any atom is 0.125 e. The minimum atomic E-state index is -0.233. The molecule has 4 heteroatoms. The van der Waals surface area contributed by atoms with E-state index in [0.29, 0.717) is 23.0 Å². The van der Waals surface area contributed by atoms with Crippen LogP contribution in [0.3, 0.4) is 0 Å². The molecule has 0 spiro atoms. The van der Waals surface area contributed by atoms with Crippen molar-refractivity contribution in [2.24, 2.45) is 5.92 Å². The van der Waals surface area contributed by atoms with Crippen molar-refractivity contribution in [1.82, 2.24) is 5.32 Å². The molecule has 2 fully saturated rings. The van der Waals surface area contributed by atoms with Crippen LogP contribution in [0.1, 0.15) is 38.5 Å². The van der Waals surface area contributed by atoms with Gasteiger partial charge in [0.05, 0.1) is 10.7 Å². The Balaban J connectivity index is 1.74. The summed E-state index contributed by atoms with van der Waals surface area (Å²) < 4.78 is 13.4. The van der Waals surface area contributed by atoms with Gasteiger partial charge in [-0.25, -0.2) is 4.39 Å². The lowest BCUT2D eigenvalue weighted by atomic mass is 9.79. The van der Waals surface area contributed by atoms with Crippen LogP contribution in [0.25, 0.3) is 0 Å². The van der Waals surface area contributed by atoms with E-state index in [4.69, 9.17) is 11.6 Å². The quantitative estimate of drug-likeness (QED) is 0.873. The Morgan fingerprint density at radius 2 is 2.00 bits per heavy atom. The van der Waals surface area contributed by atoms with E-state index in [1.54, 1.807) is 6.07 Å². The van der Waals surface area contributed by atoms with Gasteiger partial charge in [0.1, 0.15) is 5.82 Å². The molecule has 0 amide bonds. The summed E-state index contributed by atoms with van der Waals surface area (Å²) in [7, 11) is 0. The highest BCUT2D eigenvalue weighted by atomic mass is 35.5. The molecule has 1 saturated heterocycles. The third-order valence-corrected chi connectivity index (χ3v) is 5.03. The van der Waals surface area contributed by atoms with Crippen LogP contribution < -0.4 is 10.6 Å². The van der Waals surface area contributed by atoms with Crippen LogP contribution in [0.2, 0.25) is 5.02 Å². The van der Waals surface area contributed by atoms with Gasteiger partial charge in [-0.3, -0.25) is 0 Å². The average Bonchev–Trinajstić information content (AvgIpc) is 2.97. The number of nitrogens with one attached hydrogen (secondary N) is 2. The summed E-state index contributed by atoms with van der Waals surface area (Å²) in [5.41, 5.74) is 0.738. The molecule has 110 valence electrons. The summed E-state index contributed by atoms with van der Waals surface area (Å²) in [4.78, 5) is 0. The van der Waals surface area contributed by atoms with E-state index in [1.165, 1.54) is 44.2 Å². The number of rotatable bonds is 3. The highest BCUT2D eigenvalue weighted by Crippen LogP contribution is 2.34. The van der Waals surface area contributed by atoms with Gasteiger partial charge >= 0.3 is 0 Å². The molecule has 1 aromatic carbocycles. The topological polar surface area (TPSA) is 24.1 Å². The van der Waals surface area contributed by atoms with Crippen LogP contribution in [0.15, 0.2) is 18.2 Å². The fourth-order valence-corrected chi connectivity index (χ4v) is 3.88. The Labute approximate surface area is 125 Å². The lowest BCUT2D eigenvalue weighted by Crippen LogP contribution is -2.43. The minimum Gasteiger partial charge on any atom is -0.381 e. The van der Waals surface area contributed by atoms with Crippen LogP contribution in [0.5, 0.6) is 0 Å². The number of benzene rings is 1. The highest BCUT2D eigenvalue weighted by molar-refractivity contribution is 6.33. The van der Waals surface area contributed by atoms with E-state index in [2.05, 4.69) is 10.6 Å². The number of halogens is 2. The largest absolute Gasteiger partial charge is 0.381 e. The molecule has 0 aromatic heterocycles. The molecule has 3 unspecified atom stereocenters. The molecule has 1 aromatic rings. The van der Waals surface area contributed by atoms with Crippen LogP contribution in [-0.4, -0.2) is 18.6 Å². The first kappa shape index (κ1) is 14.2. The van der Waals surface area contributed by atoms with E-state index in [-0.39, 0.29) is 5.82 Å². The predicted molar refractivity (Wildman–Crippen MR) is 81.8 cm³/mol. The predicted octanol–water partition coefficient (Wildman–Crippen LogP) is 4.20. The molecule has 1 saturated carbocycles. The van der Waals surface area contributed by atoms with Crippen molar-refractivity contribution in [3.63, 3.8) is 0 Å². The van der Waals surface area contributed by atoms with Gasteiger partial charge in [0.2, 0.25) is 0 Å². The molecule has 3 rings (SSSR count). The van der Waals surface area contributed by atoms with Gasteiger partial charge in [-0.1, -0.05) is 24.4 Å². The second-order valence-electron chi connectivity index (χ2n) is 6.03. The molecule has 0 radical (unpaired) electrons. The Kier molecular flexibility index (Phi) is 4.47. The molecule has 1 aliphatic carbocycles. The minimum absolute atomic E-state index is 0.233. The van der Waals surface area contributed by atoms with Crippen molar-refractivity contribution in [3.05, 3.63) is 29.0 Å². The Morgan fingerprint density at radius 1 is 1.15 bits per heavy atom. The molecular weight excluding hydrogens is 275 g/mol. The zero-order valence-corrected chi connectivity index (χ0v) is 12.4. The van der Waals surface area contributed by atoms with E-state index in [9.17, 15) is 4.39 Å². The number of hydrogen-bond donors (Lipinski definition) is 2. The van der Waals surface area contributed by atoms with Gasteiger partial charge in [0.15, 0.2) is 0 Å². The zero-order valence-electron chi connectivity index (χ0n) is 11.7. The van der Waals surface area contributed by atoms with E-state index in [0.717, 1.165) is 18.7 Å². The summed E-state index contributed by atoms with van der Waals surface area (Å²) in [6, 6.07) is 5.56. The van der Waals surface area contributed by atoms with Crippen molar-refractivity contribution < 1.29 is 4.39 Å². The molecule has 2 N–H and O–H groups in total. The van der Waals surface area contributed by atoms with Gasteiger partial charge < -0.3 is 10.6 Å². The second kappa shape index (κ2) is 6.31. The summed E-state index contributed by atoms with van der Waals surface area (Å²) in [5.74, 6) is 0.397. The molecule has 3 atom stereocenters. The summed E-state index contributed by atoms with van der Waals surface area (Å²) in [5, 5.41) is 7.73. The summed E-state index contributed by atoms with van der Waals surface area (Å²) in [6.45, 7) is 1.13. The normalized spacial score (nSPS) is 30.4. The maximum atomic E-state index is 13.4. The zero-order chi connectivity index (χ0) is 13.9. The second-order valence-corrected chi connectivity index (χ2v) is 6.43. The van der Waals surface area contributed by atoms with Crippen molar-refractivity contribution in [2.75, 3.05) is 11.9 Å². The standard InChI is InChI=1S/C16H22ClFN2/c17-13-8-7-11(18)10-16(13)20-15-5-2-1-4-12(15)14-6-3-9-19-14/h7-8,10,12,14-15,19-20H,1-6,9H2. The summed E-state index contributed by atoms with van der Waals surface area (Å²) >= 11 is 6.18. The van der Waals surface area contributed by atoms with Crippen LogP contribution >= 0.6 is 11.6 Å². The van der Waals surface area contributed by atoms with Gasteiger partial charge in [-0.05, 0) is 56.3 Å². The van der Waals surface area contributed by atoms with Gasteiger partial charge in [0.25, 0.3) is 0 Å². The Bertz CT molecular complexity index is 460. The molecule has 1 heterocycles. The van der Waals surface area contributed by atoms with Crippen LogP contribution in [0, 0.1) is 11.7 Å². The highest BCUT2D eigenvalue weighted by Gasteiger charge is 2.33. The lowest BCUT2D eigenvalue weighted by Gasteiger charge is -2.37. The molecule has 2 aliphatic rings. The van der Waals surface area contributed by atoms with Gasteiger partial charge in [-0.15, -0.1) is 0 Å². The summed E-state index contributed by atoms with van der Waals surface area (Å²) in [6.07, 6.45) is 7.48. The van der Waals surface area contributed by atoms with Crippen LogP contribution in [-0.2, 0) is 0 Å². The van der Waals surface area contributed by atoms with Gasteiger partial charge in [-0.2, -0.15) is 0 Å². The molecular formula is C16H22ClFN2. The third kappa shape index (κ3) is 3.09. The van der Waals surface area contributed by atoms with Crippen LogP contribution in [0.4, 0.5) is 10.1 Å². The first-order valence-electron chi connectivity index (χ1n) is 7.69. The lowest BCUT2D eigenvalue weighted by molar-refractivity contribution is 0.262. The Morgan fingerprint density at radius 3 is 2.80 bits per heavy atom. The number of anilines is 1. The van der Waals surface area contributed by atoms with E-state index >= 15 is 0 Å². The van der Waals surface area contributed by atoms with E-state index < -0.39 is 0 Å². The van der Waals surface area contributed by atoms with Crippen molar-refractivity contribution in [1.29, 1.82) is 0 Å². The first-order chi connectivity index (χ1) is 9.74. The number of hydrogen-bond acceptors (Lipinski definition) is 2. The molecule has 20 heavy (non-hydrogen) atoms. The Hall–Kier alpha value is -0.800. The average molecular weight is 297 g/mol. The smallest absolute Gasteiger partial charge is 0.125 e. The van der Waals surface area contributed by atoms with Crippen molar-refractivity contribution >= 4 is 17.3 Å². The fourth-order valence-electron chi connectivity index (χ4n) is 3.71. The SMILES string of the molecule is Fc1ccc(Cl)c(NC2CCCCC2C2CCCN2)c1. The van der Waals surface area contributed by atoms with Crippen molar-refractivity contribution in [3.8, 4) is 0 Å². The van der Waals surface area contributed by atoms with Crippen molar-refractivity contribution in [2.45, 2.75) is 50.6 Å².